The molecule has 6 rings (SSSR count). The van der Waals surface area contributed by atoms with E-state index >= 15 is 0 Å². The van der Waals surface area contributed by atoms with Gasteiger partial charge in [-0.1, -0.05) is 60.2 Å². The van der Waals surface area contributed by atoms with E-state index in [1.807, 2.05) is 48.5 Å². The summed E-state index contributed by atoms with van der Waals surface area (Å²) in [4.78, 5) is 55.4. The molecule has 3 heterocycles. The Labute approximate surface area is 260 Å². The van der Waals surface area contributed by atoms with Crippen molar-refractivity contribution in [2.45, 2.75) is 51.0 Å². The maximum absolute atomic E-state index is 13.9. The first-order chi connectivity index (χ1) is 21.8. The Hall–Kier alpha value is -4.79. The molecule has 1 aliphatic carbocycles. The number of ketones is 1. The first kappa shape index (κ1) is 30.2. The van der Waals surface area contributed by atoms with E-state index in [2.05, 4.69) is 15.6 Å². The number of carbonyl (C=O) groups is 4. The molecule has 3 N–H and O–H groups in total. The fourth-order valence-electron chi connectivity index (χ4n) is 6.40. The summed E-state index contributed by atoms with van der Waals surface area (Å²) in [5.74, 6) is -2.33. The third-order valence-electron chi connectivity index (χ3n) is 8.86. The Bertz CT molecular complexity index is 1730. The number of rotatable bonds is 11. The Kier molecular flexibility index (Phi) is 9.05. The Morgan fingerprint density at radius 2 is 1.87 bits per heavy atom. The highest BCUT2D eigenvalue weighted by Crippen LogP contribution is 2.30. The van der Waals surface area contributed by atoms with Crippen molar-refractivity contribution < 1.29 is 28.3 Å². The van der Waals surface area contributed by atoms with Gasteiger partial charge in [-0.3, -0.25) is 14.4 Å². The number of H-pyrrole nitrogens is 1. The second kappa shape index (κ2) is 13.5. The van der Waals surface area contributed by atoms with E-state index in [1.165, 1.54) is 6.08 Å². The van der Waals surface area contributed by atoms with Crippen molar-refractivity contribution in [3.05, 3.63) is 95.5 Å². The van der Waals surface area contributed by atoms with E-state index in [1.54, 1.807) is 18.2 Å². The molecule has 2 aliphatic heterocycles. The van der Waals surface area contributed by atoms with E-state index in [9.17, 15) is 23.6 Å². The predicted octanol–water partition coefficient (Wildman–Crippen LogP) is 5.87. The molecule has 0 saturated carbocycles. The Morgan fingerprint density at radius 3 is 2.62 bits per heavy atom. The zero-order chi connectivity index (χ0) is 31.3. The van der Waals surface area contributed by atoms with Gasteiger partial charge in [-0.15, -0.1) is 0 Å². The van der Waals surface area contributed by atoms with Gasteiger partial charge in [0, 0.05) is 60.5 Å². The molecule has 2 saturated heterocycles. The van der Waals surface area contributed by atoms with Crippen LogP contribution in [0.2, 0.25) is 0 Å². The zero-order valence-corrected chi connectivity index (χ0v) is 24.9. The molecule has 0 bridgehead atoms. The van der Waals surface area contributed by atoms with Crippen LogP contribution in [0.5, 0.6) is 0 Å². The molecule has 9 heteroatoms. The van der Waals surface area contributed by atoms with Crippen LogP contribution >= 0.6 is 0 Å². The molecule has 2 aromatic carbocycles. The second-order valence-electron chi connectivity index (χ2n) is 12.0. The Morgan fingerprint density at radius 1 is 1.02 bits per heavy atom. The number of esters is 1. The number of benzene rings is 2. The fraction of sp³-hybridized carbons (Fsp3) is 0.333. The maximum Gasteiger partial charge on any atom is 0.333 e. The monoisotopic (exact) mass is 609 g/mol. The SMILES string of the molecule is O=C1OCC/C1=C\[C@H](C[C@@H]1CCNC1=O)NC(=O)C(CC(=O)c1ccc(-c2cccc3ccccc23)[nH]1)CC1=CC=C(F)CC1. The molecule has 45 heavy (non-hydrogen) atoms. The number of ether oxygens (including phenoxy) is 1. The summed E-state index contributed by atoms with van der Waals surface area (Å²) in [5.41, 5.74) is 3.52. The number of carbonyl (C=O) groups excluding carboxylic acids is 4. The minimum atomic E-state index is -0.739. The molecule has 3 aliphatic rings. The van der Waals surface area contributed by atoms with Gasteiger partial charge < -0.3 is 20.4 Å². The predicted molar refractivity (Wildman–Crippen MR) is 169 cm³/mol. The van der Waals surface area contributed by atoms with Crippen molar-refractivity contribution >= 4 is 34.3 Å². The lowest BCUT2D eigenvalue weighted by atomic mass is 9.88. The van der Waals surface area contributed by atoms with Gasteiger partial charge in [0.25, 0.3) is 0 Å². The number of Topliss-reactive ketones (excluding diaryl/α,β-unsaturated/α-hetero) is 1. The zero-order valence-electron chi connectivity index (χ0n) is 24.9. The van der Waals surface area contributed by atoms with Gasteiger partial charge in [0.2, 0.25) is 11.8 Å². The van der Waals surface area contributed by atoms with Crippen LogP contribution in [0.25, 0.3) is 22.0 Å². The number of aromatic nitrogens is 1. The average Bonchev–Trinajstić information content (AvgIpc) is 3.80. The third kappa shape index (κ3) is 7.14. The number of nitrogens with one attached hydrogen (secondary N) is 3. The molecule has 8 nitrogen and oxygen atoms in total. The number of fused-ring (bicyclic) bond motifs is 1. The molecule has 2 amide bonds. The van der Waals surface area contributed by atoms with Gasteiger partial charge in [-0.05, 0) is 54.7 Å². The van der Waals surface area contributed by atoms with Crippen LogP contribution in [-0.2, 0) is 19.1 Å². The van der Waals surface area contributed by atoms with Crippen molar-refractivity contribution in [2.24, 2.45) is 11.8 Å². The summed E-state index contributed by atoms with van der Waals surface area (Å²) in [6, 6.07) is 17.1. The van der Waals surface area contributed by atoms with Crippen molar-refractivity contribution in [2.75, 3.05) is 13.2 Å². The van der Waals surface area contributed by atoms with Crippen LogP contribution in [-0.4, -0.2) is 47.7 Å². The highest BCUT2D eigenvalue weighted by Gasteiger charge is 2.32. The molecule has 1 aromatic heterocycles. The van der Waals surface area contributed by atoms with Gasteiger partial charge >= 0.3 is 5.97 Å². The van der Waals surface area contributed by atoms with Gasteiger partial charge in [-0.2, -0.15) is 0 Å². The summed E-state index contributed by atoms with van der Waals surface area (Å²) in [6.07, 6.45) is 7.13. The summed E-state index contributed by atoms with van der Waals surface area (Å²) < 4.78 is 18.8. The first-order valence-electron chi connectivity index (χ1n) is 15.5. The van der Waals surface area contributed by atoms with Crippen LogP contribution in [0, 0.1) is 11.8 Å². The lowest BCUT2D eigenvalue weighted by Crippen LogP contribution is -2.41. The van der Waals surface area contributed by atoms with Crippen LogP contribution in [0.3, 0.4) is 0 Å². The number of hydrogen-bond acceptors (Lipinski definition) is 5. The van der Waals surface area contributed by atoms with Gasteiger partial charge in [-0.25, -0.2) is 9.18 Å². The minimum absolute atomic E-state index is 0.0693. The average molecular weight is 610 g/mol. The Balaban J connectivity index is 1.23. The molecular formula is C36H36FN3O5. The molecule has 0 radical (unpaired) electrons. The lowest BCUT2D eigenvalue weighted by Gasteiger charge is -2.23. The number of allylic oxidation sites excluding steroid dienone is 4. The van der Waals surface area contributed by atoms with E-state index < -0.39 is 17.9 Å². The standard InChI is InChI=1S/C36H36FN3O5/c37-27-10-8-22(9-11-27)18-26(35(43)39-28(19-24-14-16-38-34(24)42)20-25-15-17-45-36(25)44)21-33(41)32-13-12-31(40-32)30-7-3-5-23-4-1-2-6-29(23)30/h1-8,10,12-13,20,24,26,28,40H,9,11,14-19,21H2,(H,38,42)(H,39,43)/b25-20+/t24-,26?,28-/m0/s1. The van der Waals surface area contributed by atoms with Crippen LogP contribution in [0.15, 0.2) is 89.8 Å². The molecule has 232 valence electrons. The molecule has 3 aromatic rings. The van der Waals surface area contributed by atoms with Crippen molar-refractivity contribution in [3.63, 3.8) is 0 Å². The van der Waals surface area contributed by atoms with E-state index in [4.69, 9.17) is 4.74 Å². The van der Waals surface area contributed by atoms with E-state index in [-0.39, 0.29) is 55.2 Å². The summed E-state index contributed by atoms with van der Waals surface area (Å²) in [7, 11) is 0. The topological polar surface area (TPSA) is 117 Å². The summed E-state index contributed by atoms with van der Waals surface area (Å²) in [6.45, 7) is 0.844. The number of halogens is 1. The smallest absolute Gasteiger partial charge is 0.333 e. The van der Waals surface area contributed by atoms with E-state index in [0.29, 0.717) is 43.5 Å². The molecule has 3 atom stereocenters. The van der Waals surface area contributed by atoms with Crippen LogP contribution in [0.1, 0.15) is 55.4 Å². The van der Waals surface area contributed by atoms with Gasteiger partial charge in [0.05, 0.1) is 12.3 Å². The highest BCUT2D eigenvalue weighted by atomic mass is 19.1. The quantitative estimate of drug-likeness (QED) is 0.143. The largest absolute Gasteiger partial charge is 0.462 e. The van der Waals surface area contributed by atoms with Crippen molar-refractivity contribution in [3.8, 4) is 11.3 Å². The number of amides is 2. The van der Waals surface area contributed by atoms with E-state index in [0.717, 1.165) is 27.6 Å². The number of cyclic esters (lactones) is 1. The third-order valence-corrected chi connectivity index (χ3v) is 8.86. The van der Waals surface area contributed by atoms with Crippen LogP contribution in [0.4, 0.5) is 4.39 Å². The summed E-state index contributed by atoms with van der Waals surface area (Å²) in [5, 5.41) is 8.01. The van der Waals surface area contributed by atoms with Gasteiger partial charge in [0.15, 0.2) is 5.78 Å². The molecule has 2 fully saturated rings. The minimum Gasteiger partial charge on any atom is -0.462 e. The highest BCUT2D eigenvalue weighted by molar-refractivity contribution is 6.00. The molecule has 1 unspecified atom stereocenters. The number of hydrogen-bond donors (Lipinski definition) is 3. The van der Waals surface area contributed by atoms with Crippen molar-refractivity contribution in [1.29, 1.82) is 0 Å². The maximum atomic E-state index is 13.9. The molecule has 0 spiro atoms. The van der Waals surface area contributed by atoms with Gasteiger partial charge in [0.1, 0.15) is 5.83 Å². The lowest BCUT2D eigenvalue weighted by molar-refractivity contribution is -0.135. The van der Waals surface area contributed by atoms with Crippen LogP contribution < -0.4 is 10.6 Å². The fourth-order valence-corrected chi connectivity index (χ4v) is 6.40. The normalized spacial score (nSPS) is 20.4. The van der Waals surface area contributed by atoms with Crippen molar-refractivity contribution in [1.82, 2.24) is 15.6 Å². The number of aromatic amines is 1. The second-order valence-corrected chi connectivity index (χ2v) is 12.0. The molecular weight excluding hydrogens is 573 g/mol. The first-order valence-corrected chi connectivity index (χ1v) is 15.5. The summed E-state index contributed by atoms with van der Waals surface area (Å²) >= 11 is 0.